The van der Waals surface area contributed by atoms with E-state index in [-0.39, 0.29) is 24.3 Å². The standard InChI is InChI=1S/C24H23FN4O2S/c1-15-11-16(2)27-23-21(15)29(9-10-32-23)24(31)28-20-8-4-6-18(13-20)22(30)26-14-17-5-3-7-19(25)12-17/h3-8,11-13H,9-10,14H2,1-2H3,(H,26,30)(H,28,31). The average molecular weight is 451 g/mol. The van der Waals surface area contributed by atoms with Crippen LogP contribution in [0.4, 0.5) is 20.6 Å². The van der Waals surface area contributed by atoms with Gasteiger partial charge in [0.25, 0.3) is 5.91 Å². The highest BCUT2D eigenvalue weighted by molar-refractivity contribution is 7.99. The predicted molar refractivity (Wildman–Crippen MR) is 125 cm³/mol. The van der Waals surface area contributed by atoms with E-state index >= 15 is 0 Å². The second-order valence-corrected chi connectivity index (χ2v) is 8.64. The Morgan fingerprint density at radius 1 is 1.12 bits per heavy atom. The van der Waals surface area contributed by atoms with Crippen molar-refractivity contribution in [3.8, 4) is 0 Å². The number of rotatable bonds is 4. The van der Waals surface area contributed by atoms with Crippen molar-refractivity contribution in [3.05, 3.63) is 82.8 Å². The predicted octanol–water partition coefficient (Wildman–Crippen LogP) is 4.91. The van der Waals surface area contributed by atoms with Gasteiger partial charge in [-0.2, -0.15) is 0 Å². The molecule has 0 unspecified atom stereocenters. The molecule has 32 heavy (non-hydrogen) atoms. The summed E-state index contributed by atoms with van der Waals surface area (Å²) in [6, 6.07) is 14.5. The van der Waals surface area contributed by atoms with Crippen LogP contribution >= 0.6 is 11.8 Å². The van der Waals surface area contributed by atoms with Crippen molar-refractivity contribution in [2.75, 3.05) is 22.5 Å². The number of pyridine rings is 1. The van der Waals surface area contributed by atoms with Crippen LogP contribution in [0, 0.1) is 19.7 Å². The number of benzene rings is 2. The molecule has 0 aliphatic carbocycles. The van der Waals surface area contributed by atoms with Gasteiger partial charge in [0, 0.05) is 35.8 Å². The van der Waals surface area contributed by atoms with Gasteiger partial charge >= 0.3 is 6.03 Å². The molecule has 0 saturated heterocycles. The Morgan fingerprint density at radius 2 is 1.94 bits per heavy atom. The minimum atomic E-state index is -0.347. The van der Waals surface area contributed by atoms with E-state index in [1.54, 1.807) is 53.1 Å². The van der Waals surface area contributed by atoms with Crippen molar-refractivity contribution < 1.29 is 14.0 Å². The van der Waals surface area contributed by atoms with Crippen LogP contribution in [-0.4, -0.2) is 29.2 Å². The number of carbonyl (C=O) groups excluding carboxylic acids is 2. The van der Waals surface area contributed by atoms with Crippen molar-refractivity contribution in [3.63, 3.8) is 0 Å². The Labute approximate surface area is 190 Å². The molecule has 0 fully saturated rings. The molecule has 2 heterocycles. The van der Waals surface area contributed by atoms with Crippen LogP contribution < -0.4 is 15.5 Å². The maximum absolute atomic E-state index is 13.3. The number of aryl methyl sites for hydroxylation is 2. The van der Waals surface area contributed by atoms with E-state index in [4.69, 9.17) is 0 Å². The molecule has 0 radical (unpaired) electrons. The monoisotopic (exact) mass is 450 g/mol. The Kier molecular flexibility index (Phi) is 6.41. The SMILES string of the molecule is Cc1cc(C)c2c(n1)SCCN2C(=O)Nc1cccc(C(=O)NCc2cccc(F)c2)c1. The van der Waals surface area contributed by atoms with Gasteiger partial charge in [-0.25, -0.2) is 14.2 Å². The number of nitrogens with one attached hydrogen (secondary N) is 2. The van der Waals surface area contributed by atoms with Crippen molar-refractivity contribution in [1.82, 2.24) is 10.3 Å². The zero-order chi connectivity index (χ0) is 22.7. The number of amides is 3. The summed E-state index contributed by atoms with van der Waals surface area (Å²) in [5, 5.41) is 6.52. The van der Waals surface area contributed by atoms with Gasteiger partial charge < -0.3 is 10.6 Å². The smallest absolute Gasteiger partial charge is 0.326 e. The van der Waals surface area contributed by atoms with Crippen LogP contribution in [0.5, 0.6) is 0 Å². The number of halogens is 1. The third kappa shape index (κ3) is 4.91. The molecule has 6 nitrogen and oxygen atoms in total. The molecule has 3 aromatic rings. The minimum Gasteiger partial charge on any atom is -0.348 e. The zero-order valence-corrected chi connectivity index (χ0v) is 18.6. The molecule has 4 rings (SSSR count). The maximum atomic E-state index is 13.3. The molecule has 2 N–H and O–H groups in total. The summed E-state index contributed by atoms with van der Waals surface area (Å²) in [5.74, 6) is 0.110. The van der Waals surface area contributed by atoms with Gasteiger partial charge in [0.2, 0.25) is 0 Å². The van der Waals surface area contributed by atoms with Crippen LogP contribution in [0.25, 0.3) is 0 Å². The van der Waals surface area contributed by atoms with Crippen molar-refractivity contribution >= 4 is 35.1 Å². The number of nitrogens with zero attached hydrogens (tertiary/aromatic N) is 2. The first-order valence-electron chi connectivity index (χ1n) is 10.2. The molecule has 164 valence electrons. The van der Waals surface area contributed by atoms with Crippen molar-refractivity contribution in [2.24, 2.45) is 0 Å². The molecule has 3 amide bonds. The molecule has 0 bridgehead atoms. The molecular weight excluding hydrogens is 427 g/mol. The number of fused-ring (bicyclic) bond motifs is 1. The van der Waals surface area contributed by atoms with E-state index in [0.29, 0.717) is 23.4 Å². The van der Waals surface area contributed by atoms with Gasteiger partial charge in [-0.05, 0) is 61.4 Å². The Morgan fingerprint density at radius 3 is 2.75 bits per heavy atom. The lowest BCUT2D eigenvalue weighted by molar-refractivity contribution is 0.0951. The first kappa shape index (κ1) is 21.8. The Bertz CT molecular complexity index is 1180. The third-order valence-corrected chi connectivity index (χ3v) is 6.01. The zero-order valence-electron chi connectivity index (χ0n) is 17.8. The van der Waals surface area contributed by atoms with Crippen LogP contribution in [0.1, 0.15) is 27.2 Å². The van der Waals surface area contributed by atoms with Gasteiger partial charge in [0.1, 0.15) is 10.8 Å². The van der Waals surface area contributed by atoms with Crippen LogP contribution in [0.15, 0.2) is 59.6 Å². The Hall–Kier alpha value is -3.39. The number of urea groups is 1. The summed E-state index contributed by atoms with van der Waals surface area (Å²) < 4.78 is 13.3. The Balaban J connectivity index is 1.45. The van der Waals surface area contributed by atoms with E-state index in [0.717, 1.165) is 27.7 Å². The summed E-state index contributed by atoms with van der Waals surface area (Å²) >= 11 is 1.65. The van der Waals surface area contributed by atoms with Crippen molar-refractivity contribution in [2.45, 2.75) is 25.4 Å². The highest BCUT2D eigenvalue weighted by Gasteiger charge is 2.26. The van der Waals surface area contributed by atoms with Crippen LogP contribution in [-0.2, 0) is 6.54 Å². The lowest BCUT2D eigenvalue weighted by atomic mass is 10.1. The first-order chi connectivity index (χ1) is 15.4. The summed E-state index contributed by atoms with van der Waals surface area (Å²) in [4.78, 5) is 31.8. The summed E-state index contributed by atoms with van der Waals surface area (Å²) in [5.41, 5.74) is 4.35. The quantitative estimate of drug-likeness (QED) is 0.592. The molecular formula is C24H23FN4O2S. The van der Waals surface area contributed by atoms with Gasteiger partial charge in [-0.1, -0.05) is 18.2 Å². The highest BCUT2D eigenvalue weighted by Crippen LogP contribution is 2.36. The van der Waals surface area contributed by atoms with Crippen LogP contribution in [0.3, 0.4) is 0 Å². The van der Waals surface area contributed by atoms with E-state index in [1.807, 2.05) is 19.9 Å². The molecule has 0 atom stereocenters. The molecule has 8 heteroatoms. The minimum absolute atomic E-state index is 0.209. The van der Waals surface area contributed by atoms with Gasteiger partial charge in [0.15, 0.2) is 0 Å². The number of anilines is 2. The number of hydrogen-bond donors (Lipinski definition) is 2. The average Bonchev–Trinajstić information content (AvgIpc) is 2.77. The molecule has 1 aromatic heterocycles. The normalized spacial score (nSPS) is 12.8. The van der Waals surface area contributed by atoms with Crippen LogP contribution in [0.2, 0.25) is 0 Å². The van der Waals surface area contributed by atoms with E-state index in [2.05, 4.69) is 15.6 Å². The fraction of sp³-hybridized carbons (Fsp3) is 0.208. The highest BCUT2D eigenvalue weighted by atomic mass is 32.2. The second-order valence-electron chi connectivity index (χ2n) is 7.56. The van der Waals surface area contributed by atoms with E-state index in [1.165, 1.54) is 12.1 Å². The van der Waals surface area contributed by atoms with Crippen molar-refractivity contribution in [1.29, 1.82) is 0 Å². The van der Waals surface area contributed by atoms with Gasteiger partial charge in [-0.15, -0.1) is 11.8 Å². The van der Waals surface area contributed by atoms with Gasteiger partial charge in [-0.3, -0.25) is 9.69 Å². The lowest BCUT2D eigenvalue weighted by Gasteiger charge is -2.30. The van der Waals surface area contributed by atoms with E-state index in [9.17, 15) is 14.0 Å². The largest absolute Gasteiger partial charge is 0.348 e. The molecule has 2 aromatic carbocycles. The topological polar surface area (TPSA) is 74.3 Å². The second kappa shape index (κ2) is 9.40. The summed E-state index contributed by atoms with van der Waals surface area (Å²) in [7, 11) is 0. The number of aromatic nitrogens is 1. The lowest BCUT2D eigenvalue weighted by Crippen LogP contribution is -2.39. The number of hydrogen-bond acceptors (Lipinski definition) is 4. The summed E-state index contributed by atoms with van der Waals surface area (Å²) in [6.45, 7) is 4.70. The fourth-order valence-electron chi connectivity index (χ4n) is 3.63. The fourth-order valence-corrected chi connectivity index (χ4v) is 4.72. The first-order valence-corrected chi connectivity index (χ1v) is 11.2. The van der Waals surface area contributed by atoms with Gasteiger partial charge in [0.05, 0.1) is 5.69 Å². The summed E-state index contributed by atoms with van der Waals surface area (Å²) in [6.07, 6.45) is 0. The number of thioether (sulfide) groups is 1. The molecule has 0 spiro atoms. The third-order valence-electron chi connectivity index (χ3n) is 5.07. The molecule has 1 aliphatic rings. The molecule has 0 saturated carbocycles. The number of carbonyl (C=O) groups is 2. The van der Waals surface area contributed by atoms with E-state index < -0.39 is 0 Å². The molecule has 1 aliphatic heterocycles. The maximum Gasteiger partial charge on any atom is 0.326 e.